The Morgan fingerprint density at radius 2 is 1.93 bits per heavy atom. The lowest BCUT2D eigenvalue weighted by Gasteiger charge is -2.19. The summed E-state index contributed by atoms with van der Waals surface area (Å²) < 4.78 is 40.0. The monoisotopic (exact) mass is 213 g/mol. The van der Waals surface area contributed by atoms with E-state index in [1.807, 2.05) is 0 Å². The Morgan fingerprint density at radius 3 is 2.29 bits per heavy atom. The van der Waals surface area contributed by atoms with Gasteiger partial charge >= 0.3 is 12.3 Å². The van der Waals surface area contributed by atoms with Gasteiger partial charge in [-0.05, 0) is 13.8 Å². The van der Waals surface area contributed by atoms with Crippen molar-refractivity contribution >= 4 is 6.09 Å². The average molecular weight is 213 g/mol. The van der Waals surface area contributed by atoms with Crippen LogP contribution in [0.5, 0.6) is 0 Å². The summed E-state index contributed by atoms with van der Waals surface area (Å²) in [6.07, 6.45) is -6.32. The van der Waals surface area contributed by atoms with Crippen molar-refractivity contribution in [3.8, 4) is 0 Å². The van der Waals surface area contributed by atoms with E-state index in [1.54, 1.807) is 13.8 Å². The summed E-state index contributed by atoms with van der Waals surface area (Å²) in [5.74, 6) is 0. The standard InChI is InChI=1S/C8H14F3NO2/c1-6(2)14-7(13)12(3)5-4-8(9,10)11/h6H,4-5H2,1-3H3. The molecular weight excluding hydrogens is 199 g/mol. The van der Waals surface area contributed by atoms with Crippen LogP contribution in [0.25, 0.3) is 0 Å². The third-order valence-corrected chi connectivity index (χ3v) is 1.38. The highest BCUT2D eigenvalue weighted by atomic mass is 19.4. The highest BCUT2D eigenvalue weighted by Crippen LogP contribution is 2.19. The van der Waals surface area contributed by atoms with E-state index in [9.17, 15) is 18.0 Å². The molecule has 0 aromatic heterocycles. The second-order valence-electron chi connectivity index (χ2n) is 3.22. The van der Waals surface area contributed by atoms with E-state index in [4.69, 9.17) is 4.74 Å². The molecule has 0 N–H and O–H groups in total. The Balaban J connectivity index is 3.85. The number of hydrogen-bond acceptors (Lipinski definition) is 2. The molecule has 0 spiro atoms. The van der Waals surface area contributed by atoms with E-state index < -0.39 is 18.7 Å². The van der Waals surface area contributed by atoms with E-state index in [0.717, 1.165) is 4.90 Å². The first-order valence-corrected chi connectivity index (χ1v) is 4.21. The summed E-state index contributed by atoms with van der Waals surface area (Å²) in [5.41, 5.74) is 0. The van der Waals surface area contributed by atoms with Crippen LogP contribution in [0.3, 0.4) is 0 Å². The minimum absolute atomic E-state index is 0.323. The maximum absolute atomic E-state index is 11.8. The number of nitrogens with zero attached hydrogens (tertiary/aromatic N) is 1. The molecule has 0 fully saturated rings. The van der Waals surface area contributed by atoms with Crippen molar-refractivity contribution in [3.63, 3.8) is 0 Å². The third kappa shape index (κ3) is 6.56. The summed E-state index contributed by atoms with van der Waals surface area (Å²) in [7, 11) is 1.27. The van der Waals surface area contributed by atoms with Crippen LogP contribution in [0, 0.1) is 0 Å². The van der Waals surface area contributed by atoms with E-state index >= 15 is 0 Å². The van der Waals surface area contributed by atoms with Crippen molar-refractivity contribution in [2.24, 2.45) is 0 Å². The Hall–Kier alpha value is -0.940. The summed E-state index contributed by atoms with van der Waals surface area (Å²) in [4.78, 5) is 11.9. The Bertz CT molecular complexity index is 192. The Kier molecular flexibility index (Phi) is 4.73. The van der Waals surface area contributed by atoms with E-state index in [-0.39, 0.29) is 12.6 Å². The molecule has 0 rings (SSSR count). The lowest BCUT2D eigenvalue weighted by atomic mass is 10.4. The van der Waals surface area contributed by atoms with Gasteiger partial charge in [0.25, 0.3) is 0 Å². The molecule has 0 aliphatic heterocycles. The Morgan fingerprint density at radius 1 is 1.43 bits per heavy atom. The second-order valence-corrected chi connectivity index (χ2v) is 3.22. The van der Waals surface area contributed by atoms with Gasteiger partial charge in [0.2, 0.25) is 0 Å². The SMILES string of the molecule is CC(C)OC(=O)N(C)CCC(F)(F)F. The van der Waals surface area contributed by atoms with Gasteiger partial charge in [-0.2, -0.15) is 13.2 Å². The third-order valence-electron chi connectivity index (χ3n) is 1.38. The van der Waals surface area contributed by atoms with Gasteiger partial charge in [0.15, 0.2) is 0 Å². The van der Waals surface area contributed by atoms with Crippen LogP contribution in [0.4, 0.5) is 18.0 Å². The number of halogens is 3. The van der Waals surface area contributed by atoms with Crippen LogP contribution in [-0.4, -0.2) is 36.9 Å². The molecule has 84 valence electrons. The number of carbonyl (C=O) groups excluding carboxylic acids is 1. The van der Waals surface area contributed by atoms with Gasteiger partial charge in [-0.25, -0.2) is 4.79 Å². The van der Waals surface area contributed by atoms with Crippen molar-refractivity contribution < 1.29 is 22.7 Å². The summed E-state index contributed by atoms with van der Waals surface area (Å²) >= 11 is 0. The molecule has 1 amide bonds. The lowest BCUT2D eigenvalue weighted by Crippen LogP contribution is -2.32. The van der Waals surface area contributed by atoms with Crippen molar-refractivity contribution in [2.75, 3.05) is 13.6 Å². The van der Waals surface area contributed by atoms with Gasteiger partial charge in [0, 0.05) is 13.6 Å². The van der Waals surface area contributed by atoms with Crippen LogP contribution in [0.15, 0.2) is 0 Å². The minimum Gasteiger partial charge on any atom is -0.447 e. The van der Waals surface area contributed by atoms with Gasteiger partial charge in [-0.1, -0.05) is 0 Å². The number of hydrogen-bond donors (Lipinski definition) is 0. The maximum atomic E-state index is 11.8. The largest absolute Gasteiger partial charge is 0.447 e. The molecule has 0 bridgehead atoms. The first-order chi connectivity index (χ1) is 6.22. The summed E-state index contributed by atoms with van der Waals surface area (Å²) in [6, 6.07) is 0. The molecule has 0 atom stereocenters. The number of carbonyl (C=O) groups is 1. The molecule has 0 aromatic carbocycles. The minimum atomic E-state index is -4.24. The predicted octanol–water partition coefficient (Wildman–Crippen LogP) is 2.42. The number of alkyl halides is 3. The number of ether oxygens (including phenoxy) is 1. The Labute approximate surface area is 80.8 Å². The first kappa shape index (κ1) is 13.1. The molecule has 0 saturated heterocycles. The molecule has 14 heavy (non-hydrogen) atoms. The molecule has 3 nitrogen and oxygen atoms in total. The zero-order valence-corrected chi connectivity index (χ0v) is 8.39. The maximum Gasteiger partial charge on any atom is 0.409 e. The quantitative estimate of drug-likeness (QED) is 0.720. The van der Waals surface area contributed by atoms with Gasteiger partial charge in [-0.3, -0.25) is 0 Å². The molecule has 6 heteroatoms. The molecule has 0 aromatic rings. The van der Waals surface area contributed by atoms with Crippen molar-refractivity contribution in [3.05, 3.63) is 0 Å². The van der Waals surface area contributed by atoms with Gasteiger partial charge in [0.05, 0.1) is 12.5 Å². The van der Waals surface area contributed by atoms with Crippen molar-refractivity contribution in [1.29, 1.82) is 0 Å². The van der Waals surface area contributed by atoms with E-state index in [2.05, 4.69) is 0 Å². The smallest absolute Gasteiger partial charge is 0.409 e. The van der Waals surface area contributed by atoms with Crippen LogP contribution in [0.1, 0.15) is 20.3 Å². The van der Waals surface area contributed by atoms with Gasteiger partial charge < -0.3 is 9.64 Å². The molecular formula is C8H14F3NO2. The zero-order chi connectivity index (χ0) is 11.4. The first-order valence-electron chi connectivity index (χ1n) is 4.21. The fraction of sp³-hybridized carbons (Fsp3) is 0.875. The number of rotatable bonds is 3. The van der Waals surface area contributed by atoms with E-state index in [0.29, 0.717) is 0 Å². The topological polar surface area (TPSA) is 29.5 Å². The molecule has 0 saturated carbocycles. The van der Waals surface area contributed by atoms with Crippen molar-refractivity contribution in [2.45, 2.75) is 32.5 Å². The molecule has 0 heterocycles. The fourth-order valence-electron chi connectivity index (χ4n) is 0.677. The predicted molar refractivity (Wildman–Crippen MR) is 44.9 cm³/mol. The van der Waals surface area contributed by atoms with Crippen molar-refractivity contribution in [1.82, 2.24) is 4.90 Å². The molecule has 0 radical (unpaired) electrons. The van der Waals surface area contributed by atoms with Gasteiger partial charge in [-0.15, -0.1) is 0 Å². The normalized spacial score (nSPS) is 11.6. The lowest BCUT2D eigenvalue weighted by molar-refractivity contribution is -0.136. The van der Waals surface area contributed by atoms with Gasteiger partial charge in [0.1, 0.15) is 0 Å². The van der Waals surface area contributed by atoms with Crippen LogP contribution >= 0.6 is 0 Å². The fourth-order valence-corrected chi connectivity index (χ4v) is 0.677. The van der Waals surface area contributed by atoms with Crippen LogP contribution < -0.4 is 0 Å². The highest BCUT2D eigenvalue weighted by Gasteiger charge is 2.28. The zero-order valence-electron chi connectivity index (χ0n) is 8.39. The molecule has 0 unspecified atom stereocenters. The average Bonchev–Trinajstić information content (AvgIpc) is 1.97. The van der Waals surface area contributed by atoms with Crippen LogP contribution in [-0.2, 0) is 4.74 Å². The molecule has 0 aliphatic carbocycles. The summed E-state index contributed by atoms with van der Waals surface area (Å²) in [5, 5.41) is 0. The van der Waals surface area contributed by atoms with E-state index in [1.165, 1.54) is 7.05 Å². The highest BCUT2D eigenvalue weighted by molar-refractivity contribution is 5.67. The summed E-state index contributed by atoms with van der Waals surface area (Å²) in [6.45, 7) is 2.89. The van der Waals surface area contributed by atoms with Crippen LogP contribution in [0.2, 0.25) is 0 Å². The molecule has 0 aliphatic rings. The number of amides is 1. The second kappa shape index (κ2) is 5.07.